The summed E-state index contributed by atoms with van der Waals surface area (Å²) < 4.78 is 5.36. The minimum atomic E-state index is 0.0243. The third kappa shape index (κ3) is 2.88. The molecule has 1 nitrogen and oxygen atoms in total. The SMILES string of the molecule is CCc1ccsc1C(Cl)Cc1ccccc1OC. The molecule has 96 valence electrons. The molecule has 0 fully saturated rings. The lowest BCUT2D eigenvalue weighted by molar-refractivity contribution is 0.409. The van der Waals surface area contributed by atoms with Crippen molar-refractivity contribution in [2.24, 2.45) is 0 Å². The molecule has 1 aromatic heterocycles. The second-order valence-corrected chi connectivity index (χ2v) is 5.62. The van der Waals surface area contributed by atoms with Gasteiger partial charge in [0.05, 0.1) is 12.5 Å². The van der Waals surface area contributed by atoms with Crippen LogP contribution >= 0.6 is 22.9 Å². The van der Waals surface area contributed by atoms with Gasteiger partial charge < -0.3 is 4.74 Å². The Hall–Kier alpha value is -0.990. The minimum Gasteiger partial charge on any atom is -0.496 e. The Balaban J connectivity index is 2.18. The molecule has 1 atom stereocenters. The maximum absolute atomic E-state index is 6.55. The molecule has 0 bridgehead atoms. The Morgan fingerprint density at radius 1 is 1.22 bits per heavy atom. The van der Waals surface area contributed by atoms with Crippen molar-refractivity contribution in [3.8, 4) is 5.75 Å². The number of hydrogen-bond donors (Lipinski definition) is 0. The summed E-state index contributed by atoms with van der Waals surface area (Å²) in [4.78, 5) is 1.28. The van der Waals surface area contributed by atoms with Crippen LogP contribution in [0.1, 0.15) is 28.3 Å². The van der Waals surface area contributed by atoms with E-state index >= 15 is 0 Å². The highest BCUT2D eigenvalue weighted by molar-refractivity contribution is 7.10. The summed E-state index contributed by atoms with van der Waals surface area (Å²) in [6.45, 7) is 2.16. The van der Waals surface area contributed by atoms with E-state index in [9.17, 15) is 0 Å². The first kappa shape index (κ1) is 13.4. The third-order valence-corrected chi connectivity index (χ3v) is 4.61. The molecule has 0 aliphatic rings. The number of rotatable bonds is 5. The quantitative estimate of drug-likeness (QED) is 0.712. The molecule has 0 N–H and O–H groups in total. The largest absolute Gasteiger partial charge is 0.496 e. The van der Waals surface area contributed by atoms with Crippen molar-refractivity contribution in [2.45, 2.75) is 25.1 Å². The molecular weight excluding hydrogens is 264 g/mol. The maximum atomic E-state index is 6.55. The van der Waals surface area contributed by atoms with Gasteiger partial charge >= 0.3 is 0 Å². The maximum Gasteiger partial charge on any atom is 0.122 e. The fourth-order valence-electron chi connectivity index (χ4n) is 2.07. The second-order valence-electron chi connectivity index (χ2n) is 4.15. The average Bonchev–Trinajstić information content (AvgIpc) is 2.87. The van der Waals surface area contributed by atoms with E-state index in [2.05, 4.69) is 24.4 Å². The lowest BCUT2D eigenvalue weighted by atomic mass is 10.0. The molecule has 3 heteroatoms. The number of alkyl halides is 1. The van der Waals surface area contributed by atoms with Crippen LogP contribution in [0.25, 0.3) is 0 Å². The molecule has 18 heavy (non-hydrogen) atoms. The van der Waals surface area contributed by atoms with Gasteiger partial charge in [-0.2, -0.15) is 0 Å². The molecule has 0 radical (unpaired) electrons. The number of halogens is 1. The lowest BCUT2D eigenvalue weighted by Crippen LogP contribution is -1.99. The molecule has 1 unspecified atom stereocenters. The predicted molar refractivity (Wildman–Crippen MR) is 79.0 cm³/mol. The number of para-hydroxylation sites is 1. The van der Waals surface area contributed by atoms with Crippen LogP contribution in [-0.4, -0.2) is 7.11 Å². The van der Waals surface area contributed by atoms with E-state index in [-0.39, 0.29) is 5.38 Å². The normalized spacial score (nSPS) is 12.4. The summed E-state index contributed by atoms with van der Waals surface area (Å²) in [5.74, 6) is 0.915. The summed E-state index contributed by atoms with van der Waals surface area (Å²) in [6, 6.07) is 10.2. The van der Waals surface area contributed by atoms with Crippen LogP contribution in [0.4, 0.5) is 0 Å². The van der Waals surface area contributed by atoms with Crippen molar-refractivity contribution in [2.75, 3.05) is 7.11 Å². The third-order valence-electron chi connectivity index (χ3n) is 3.04. The van der Waals surface area contributed by atoms with E-state index in [4.69, 9.17) is 16.3 Å². The minimum absolute atomic E-state index is 0.0243. The summed E-state index contributed by atoms with van der Waals surface area (Å²) in [5, 5.41) is 2.14. The Kier molecular flexibility index (Phi) is 4.67. The van der Waals surface area contributed by atoms with E-state index in [0.717, 1.165) is 24.2 Å². The number of hydrogen-bond acceptors (Lipinski definition) is 2. The van der Waals surface area contributed by atoms with Gasteiger partial charge in [0, 0.05) is 4.88 Å². The van der Waals surface area contributed by atoms with E-state index in [1.165, 1.54) is 10.4 Å². The van der Waals surface area contributed by atoms with E-state index in [0.29, 0.717) is 0 Å². The standard InChI is InChI=1S/C15H17ClOS/c1-3-11-8-9-18-15(11)13(16)10-12-6-4-5-7-14(12)17-2/h4-9,13H,3,10H2,1-2H3. The fourth-order valence-corrected chi connectivity index (χ4v) is 3.51. The predicted octanol–water partition coefficient (Wildman–Crippen LogP) is 4.84. The number of thiophene rings is 1. The molecule has 0 aliphatic carbocycles. The Morgan fingerprint density at radius 2 is 2.00 bits per heavy atom. The van der Waals surface area contributed by atoms with Crippen LogP contribution in [0.5, 0.6) is 5.75 Å². The molecule has 1 heterocycles. The molecule has 1 aromatic carbocycles. The van der Waals surface area contributed by atoms with Gasteiger partial charge in [-0.25, -0.2) is 0 Å². The molecule has 0 saturated heterocycles. The Morgan fingerprint density at radius 3 is 2.72 bits per heavy atom. The molecule has 0 saturated carbocycles. The van der Waals surface area contributed by atoms with Gasteiger partial charge in [-0.1, -0.05) is 25.1 Å². The van der Waals surface area contributed by atoms with Crippen molar-refractivity contribution in [3.63, 3.8) is 0 Å². The molecule has 0 amide bonds. The van der Waals surface area contributed by atoms with Crippen molar-refractivity contribution < 1.29 is 4.74 Å². The summed E-state index contributed by atoms with van der Waals surface area (Å²) >= 11 is 8.29. The first-order valence-electron chi connectivity index (χ1n) is 6.08. The number of benzene rings is 1. The van der Waals surface area contributed by atoms with Crippen molar-refractivity contribution in [3.05, 3.63) is 51.7 Å². The second kappa shape index (κ2) is 6.26. The highest BCUT2D eigenvalue weighted by Crippen LogP contribution is 2.34. The Labute approximate surface area is 117 Å². The van der Waals surface area contributed by atoms with Gasteiger partial charge in [0.1, 0.15) is 5.75 Å². The number of methoxy groups -OCH3 is 1. The fraction of sp³-hybridized carbons (Fsp3) is 0.333. The monoisotopic (exact) mass is 280 g/mol. The van der Waals surface area contributed by atoms with Crippen LogP contribution in [0, 0.1) is 0 Å². The molecule has 2 rings (SSSR count). The van der Waals surface area contributed by atoms with Crippen molar-refractivity contribution >= 4 is 22.9 Å². The van der Waals surface area contributed by atoms with Crippen LogP contribution in [0.2, 0.25) is 0 Å². The van der Waals surface area contributed by atoms with Crippen LogP contribution in [0.15, 0.2) is 35.7 Å². The van der Waals surface area contributed by atoms with Gasteiger partial charge in [0.2, 0.25) is 0 Å². The van der Waals surface area contributed by atoms with Gasteiger partial charge in [-0.15, -0.1) is 22.9 Å². The lowest BCUT2D eigenvalue weighted by Gasteiger charge is -2.12. The first-order chi connectivity index (χ1) is 8.76. The number of aryl methyl sites for hydroxylation is 1. The molecule has 0 spiro atoms. The summed E-state index contributed by atoms with van der Waals surface area (Å²) in [5.41, 5.74) is 2.52. The number of ether oxygens (including phenoxy) is 1. The molecular formula is C15H17ClOS. The highest BCUT2D eigenvalue weighted by atomic mass is 35.5. The van der Waals surface area contributed by atoms with Crippen molar-refractivity contribution in [1.29, 1.82) is 0 Å². The van der Waals surface area contributed by atoms with Crippen LogP contribution < -0.4 is 4.74 Å². The summed E-state index contributed by atoms with van der Waals surface area (Å²) in [6.07, 6.45) is 1.84. The van der Waals surface area contributed by atoms with E-state index in [1.54, 1.807) is 18.4 Å². The highest BCUT2D eigenvalue weighted by Gasteiger charge is 2.15. The molecule has 2 aromatic rings. The zero-order valence-corrected chi connectivity index (χ0v) is 12.2. The van der Waals surface area contributed by atoms with Crippen LogP contribution in [-0.2, 0) is 12.8 Å². The van der Waals surface area contributed by atoms with Gasteiger partial charge in [0.25, 0.3) is 0 Å². The van der Waals surface area contributed by atoms with Crippen LogP contribution in [0.3, 0.4) is 0 Å². The average molecular weight is 281 g/mol. The zero-order valence-electron chi connectivity index (χ0n) is 10.7. The van der Waals surface area contributed by atoms with Crippen molar-refractivity contribution in [1.82, 2.24) is 0 Å². The zero-order chi connectivity index (χ0) is 13.0. The Bertz CT molecular complexity index is 507. The van der Waals surface area contributed by atoms with E-state index < -0.39 is 0 Å². The summed E-state index contributed by atoms with van der Waals surface area (Å²) in [7, 11) is 1.70. The van der Waals surface area contributed by atoms with Gasteiger partial charge in [0.15, 0.2) is 0 Å². The first-order valence-corrected chi connectivity index (χ1v) is 7.40. The molecule has 0 aliphatic heterocycles. The van der Waals surface area contributed by atoms with Gasteiger partial charge in [-0.05, 0) is 41.5 Å². The van der Waals surface area contributed by atoms with Gasteiger partial charge in [-0.3, -0.25) is 0 Å². The topological polar surface area (TPSA) is 9.23 Å². The van der Waals surface area contributed by atoms with E-state index in [1.807, 2.05) is 18.2 Å². The smallest absolute Gasteiger partial charge is 0.122 e.